The highest BCUT2D eigenvalue weighted by Crippen LogP contribution is 2.28. The van der Waals surface area contributed by atoms with Crippen LogP contribution in [0.3, 0.4) is 0 Å². The third-order valence-corrected chi connectivity index (χ3v) is 4.10. The third kappa shape index (κ3) is 2.33. The second-order valence-electron chi connectivity index (χ2n) is 5.44. The summed E-state index contributed by atoms with van der Waals surface area (Å²) in [7, 11) is 0. The van der Waals surface area contributed by atoms with Gasteiger partial charge in [0.05, 0.1) is 5.69 Å². The van der Waals surface area contributed by atoms with Gasteiger partial charge in [0.2, 0.25) is 0 Å². The number of benzene rings is 1. The molecule has 0 saturated heterocycles. The Morgan fingerprint density at radius 1 is 1.29 bits per heavy atom. The van der Waals surface area contributed by atoms with Crippen LogP contribution >= 0.6 is 0 Å². The first-order valence-corrected chi connectivity index (χ1v) is 7.19. The lowest BCUT2D eigenvalue weighted by atomic mass is 10.1. The van der Waals surface area contributed by atoms with Gasteiger partial charge < -0.3 is 5.11 Å². The molecule has 0 atom stereocenters. The van der Waals surface area contributed by atoms with E-state index in [2.05, 4.69) is 5.10 Å². The van der Waals surface area contributed by atoms with Gasteiger partial charge in [0, 0.05) is 16.8 Å². The van der Waals surface area contributed by atoms with Gasteiger partial charge in [-0.1, -0.05) is 12.5 Å². The molecule has 2 aromatic rings. The average Bonchev–Trinajstić information content (AvgIpc) is 2.65. The summed E-state index contributed by atoms with van der Waals surface area (Å²) in [5.41, 5.74) is 2.95. The van der Waals surface area contributed by atoms with Crippen LogP contribution in [0.2, 0.25) is 0 Å². The molecule has 1 aromatic heterocycles. The molecule has 3 rings (SSSR count). The zero-order valence-electron chi connectivity index (χ0n) is 11.9. The van der Waals surface area contributed by atoms with Gasteiger partial charge in [-0.25, -0.2) is 13.9 Å². The molecular weight excluding hydrogens is 271 g/mol. The van der Waals surface area contributed by atoms with Crippen molar-refractivity contribution >= 4 is 5.97 Å². The summed E-state index contributed by atoms with van der Waals surface area (Å²) in [4.78, 5) is 11.4. The largest absolute Gasteiger partial charge is 0.476 e. The Morgan fingerprint density at radius 2 is 2.05 bits per heavy atom. The summed E-state index contributed by atoms with van der Waals surface area (Å²) in [6, 6.07) is 4.81. The molecule has 0 saturated carbocycles. The molecule has 0 aliphatic heterocycles. The summed E-state index contributed by atoms with van der Waals surface area (Å²) >= 11 is 0. The summed E-state index contributed by atoms with van der Waals surface area (Å²) in [5, 5.41) is 13.6. The molecule has 1 aliphatic rings. The number of aromatic nitrogens is 2. The quantitative estimate of drug-likeness (QED) is 0.863. The SMILES string of the molecule is Cc1c(F)cccc1-n1nc(C(=O)O)c2c1CCCCC2. The Balaban J connectivity index is 2.23. The van der Waals surface area contributed by atoms with Gasteiger partial charge in [-0.05, 0) is 44.7 Å². The number of rotatable bonds is 2. The van der Waals surface area contributed by atoms with E-state index in [1.807, 2.05) is 0 Å². The molecule has 21 heavy (non-hydrogen) atoms. The molecule has 1 aliphatic carbocycles. The van der Waals surface area contributed by atoms with Crippen molar-refractivity contribution in [2.45, 2.75) is 39.0 Å². The molecule has 1 aromatic carbocycles. The van der Waals surface area contributed by atoms with Crippen LogP contribution in [0.4, 0.5) is 4.39 Å². The number of nitrogens with zero attached hydrogens (tertiary/aromatic N) is 2. The summed E-state index contributed by atoms with van der Waals surface area (Å²) in [6.45, 7) is 1.69. The first-order chi connectivity index (χ1) is 10.1. The first-order valence-electron chi connectivity index (χ1n) is 7.19. The van der Waals surface area contributed by atoms with Crippen molar-refractivity contribution < 1.29 is 14.3 Å². The van der Waals surface area contributed by atoms with E-state index in [1.54, 1.807) is 23.7 Å². The predicted molar refractivity (Wildman–Crippen MR) is 76.5 cm³/mol. The summed E-state index contributed by atoms with van der Waals surface area (Å²) < 4.78 is 15.4. The Bertz CT molecular complexity index is 707. The third-order valence-electron chi connectivity index (χ3n) is 4.10. The number of hydrogen-bond donors (Lipinski definition) is 1. The van der Waals surface area contributed by atoms with Crippen molar-refractivity contribution in [2.24, 2.45) is 0 Å². The van der Waals surface area contributed by atoms with Gasteiger partial charge in [0.1, 0.15) is 5.82 Å². The maximum atomic E-state index is 13.8. The van der Waals surface area contributed by atoms with E-state index in [9.17, 15) is 14.3 Å². The van der Waals surface area contributed by atoms with Crippen LogP contribution < -0.4 is 0 Å². The van der Waals surface area contributed by atoms with E-state index in [0.717, 1.165) is 43.4 Å². The number of carboxylic acids is 1. The maximum Gasteiger partial charge on any atom is 0.356 e. The smallest absolute Gasteiger partial charge is 0.356 e. The molecule has 4 nitrogen and oxygen atoms in total. The Labute approximate surface area is 122 Å². The van der Waals surface area contributed by atoms with Gasteiger partial charge in [0.25, 0.3) is 0 Å². The predicted octanol–water partition coefficient (Wildman–Crippen LogP) is 3.29. The number of aromatic carboxylic acids is 1. The lowest BCUT2D eigenvalue weighted by Gasteiger charge is -2.10. The van der Waals surface area contributed by atoms with Crippen molar-refractivity contribution in [1.82, 2.24) is 9.78 Å². The van der Waals surface area contributed by atoms with Gasteiger partial charge in [-0.2, -0.15) is 5.10 Å². The number of hydrogen-bond acceptors (Lipinski definition) is 2. The molecule has 0 amide bonds. The van der Waals surface area contributed by atoms with Gasteiger partial charge in [-0.3, -0.25) is 0 Å². The van der Waals surface area contributed by atoms with E-state index in [1.165, 1.54) is 6.07 Å². The van der Waals surface area contributed by atoms with E-state index in [-0.39, 0.29) is 11.5 Å². The fraction of sp³-hybridized carbons (Fsp3) is 0.375. The van der Waals surface area contributed by atoms with Crippen LogP contribution in [0.15, 0.2) is 18.2 Å². The monoisotopic (exact) mass is 288 g/mol. The van der Waals surface area contributed by atoms with Crippen molar-refractivity contribution in [1.29, 1.82) is 0 Å². The zero-order chi connectivity index (χ0) is 15.0. The van der Waals surface area contributed by atoms with Crippen molar-refractivity contribution in [3.05, 3.63) is 46.5 Å². The van der Waals surface area contributed by atoms with E-state index < -0.39 is 5.97 Å². The second kappa shape index (κ2) is 5.31. The molecule has 0 fully saturated rings. The molecule has 1 heterocycles. The molecule has 110 valence electrons. The molecule has 0 radical (unpaired) electrons. The average molecular weight is 288 g/mol. The molecule has 1 N–H and O–H groups in total. The standard InChI is InChI=1S/C16H17FN2O2/c1-10-12(17)7-5-9-13(10)19-14-8-4-2-3-6-11(14)15(18-19)16(20)21/h5,7,9H,2-4,6,8H2,1H3,(H,20,21). The summed E-state index contributed by atoms with van der Waals surface area (Å²) in [5.74, 6) is -1.32. The van der Waals surface area contributed by atoms with Crippen LogP contribution in [-0.4, -0.2) is 20.9 Å². The van der Waals surface area contributed by atoms with Crippen LogP contribution in [-0.2, 0) is 12.8 Å². The van der Waals surface area contributed by atoms with Crippen LogP contribution in [0.1, 0.15) is 46.6 Å². The molecule has 5 heteroatoms. The van der Waals surface area contributed by atoms with Crippen LogP contribution in [0, 0.1) is 12.7 Å². The van der Waals surface area contributed by atoms with E-state index in [4.69, 9.17) is 0 Å². The number of carboxylic acid groups (broad SMARTS) is 1. The number of carbonyl (C=O) groups is 1. The molecular formula is C16H17FN2O2. The second-order valence-corrected chi connectivity index (χ2v) is 5.44. The first kappa shape index (κ1) is 13.8. The van der Waals surface area contributed by atoms with Gasteiger partial charge >= 0.3 is 5.97 Å². The minimum Gasteiger partial charge on any atom is -0.476 e. The fourth-order valence-electron chi connectivity index (χ4n) is 2.97. The normalized spacial score (nSPS) is 14.6. The van der Waals surface area contributed by atoms with E-state index in [0.29, 0.717) is 11.3 Å². The number of fused-ring (bicyclic) bond motifs is 1. The topological polar surface area (TPSA) is 55.1 Å². The van der Waals surface area contributed by atoms with Gasteiger partial charge in [-0.15, -0.1) is 0 Å². The number of halogens is 1. The lowest BCUT2D eigenvalue weighted by molar-refractivity contribution is 0.0688. The Kier molecular flexibility index (Phi) is 3.49. The minimum atomic E-state index is -1.01. The highest BCUT2D eigenvalue weighted by molar-refractivity contribution is 5.87. The Morgan fingerprint density at radius 3 is 2.81 bits per heavy atom. The fourth-order valence-corrected chi connectivity index (χ4v) is 2.97. The summed E-state index contributed by atoms with van der Waals surface area (Å²) in [6.07, 6.45) is 4.57. The van der Waals surface area contributed by atoms with Crippen LogP contribution in [0.25, 0.3) is 5.69 Å². The molecule has 0 unspecified atom stereocenters. The lowest BCUT2D eigenvalue weighted by Crippen LogP contribution is -2.06. The Hall–Kier alpha value is -2.17. The van der Waals surface area contributed by atoms with Crippen molar-refractivity contribution in [3.63, 3.8) is 0 Å². The van der Waals surface area contributed by atoms with Crippen LogP contribution in [0.5, 0.6) is 0 Å². The zero-order valence-corrected chi connectivity index (χ0v) is 11.9. The van der Waals surface area contributed by atoms with Gasteiger partial charge in [0.15, 0.2) is 5.69 Å². The maximum absolute atomic E-state index is 13.8. The minimum absolute atomic E-state index is 0.107. The van der Waals surface area contributed by atoms with Crippen molar-refractivity contribution in [3.8, 4) is 5.69 Å². The molecule has 0 spiro atoms. The highest BCUT2D eigenvalue weighted by atomic mass is 19.1. The van der Waals surface area contributed by atoms with Crippen molar-refractivity contribution in [2.75, 3.05) is 0 Å². The van der Waals surface area contributed by atoms with E-state index >= 15 is 0 Å². The highest BCUT2D eigenvalue weighted by Gasteiger charge is 2.25. The molecule has 0 bridgehead atoms.